The zero-order chi connectivity index (χ0) is 14.3. The molecule has 0 saturated carbocycles. The molecule has 1 unspecified atom stereocenters. The van der Waals surface area contributed by atoms with Crippen LogP contribution in [0.3, 0.4) is 0 Å². The zero-order valence-corrected chi connectivity index (χ0v) is 12.0. The van der Waals surface area contributed by atoms with Crippen molar-refractivity contribution in [3.63, 3.8) is 0 Å². The maximum atomic E-state index is 12.1. The molecule has 5 nitrogen and oxygen atoms in total. The molecule has 1 aromatic heterocycles. The number of methoxy groups -OCH3 is 1. The van der Waals surface area contributed by atoms with E-state index in [0.717, 1.165) is 6.42 Å². The van der Waals surface area contributed by atoms with Crippen LogP contribution in [0.1, 0.15) is 33.6 Å². The molecule has 19 heavy (non-hydrogen) atoms. The Balaban J connectivity index is 2.65. The summed E-state index contributed by atoms with van der Waals surface area (Å²) < 4.78 is 10.6. The Bertz CT molecular complexity index is 400. The highest BCUT2D eigenvalue weighted by atomic mass is 16.5. The molecule has 0 radical (unpaired) electrons. The van der Waals surface area contributed by atoms with Gasteiger partial charge < -0.3 is 14.8 Å². The van der Waals surface area contributed by atoms with E-state index >= 15 is 0 Å². The third-order valence-electron chi connectivity index (χ3n) is 3.05. The number of rotatable bonds is 7. The molecule has 0 aliphatic rings. The predicted molar refractivity (Wildman–Crippen MR) is 74.4 cm³/mol. The van der Waals surface area contributed by atoms with Crippen molar-refractivity contribution < 1.29 is 14.3 Å². The fourth-order valence-corrected chi connectivity index (χ4v) is 1.41. The number of amides is 1. The van der Waals surface area contributed by atoms with Crippen molar-refractivity contribution in [2.45, 2.75) is 39.2 Å². The largest absolute Gasteiger partial charge is 0.478 e. The van der Waals surface area contributed by atoms with Gasteiger partial charge in [-0.25, -0.2) is 4.98 Å². The normalized spacial score (nSPS) is 13.7. The van der Waals surface area contributed by atoms with Gasteiger partial charge in [-0.05, 0) is 25.8 Å². The number of nitrogens with zero attached hydrogens (tertiary/aromatic N) is 1. The van der Waals surface area contributed by atoms with Gasteiger partial charge >= 0.3 is 0 Å². The fraction of sp³-hybridized carbons (Fsp3) is 0.571. The third-order valence-corrected chi connectivity index (χ3v) is 3.05. The standard InChI is InChI=1S/C14H22N2O3/c1-5-9-19-12-8-7-11(10-15-12)16-13(17)14(3,6-2)18-4/h7-8,10H,5-6,9H2,1-4H3,(H,16,17). The van der Waals surface area contributed by atoms with Crippen LogP contribution in [0.2, 0.25) is 0 Å². The maximum Gasteiger partial charge on any atom is 0.256 e. The molecule has 0 aliphatic heterocycles. The summed E-state index contributed by atoms with van der Waals surface area (Å²) in [6.07, 6.45) is 3.11. The van der Waals surface area contributed by atoms with Crippen LogP contribution >= 0.6 is 0 Å². The smallest absolute Gasteiger partial charge is 0.256 e. The third kappa shape index (κ3) is 4.21. The predicted octanol–water partition coefficient (Wildman–Crippen LogP) is 2.62. The Hall–Kier alpha value is -1.62. The fourth-order valence-electron chi connectivity index (χ4n) is 1.41. The minimum atomic E-state index is -0.822. The SMILES string of the molecule is CCCOc1ccc(NC(=O)C(C)(CC)OC)cn1. The van der Waals surface area contributed by atoms with E-state index in [2.05, 4.69) is 10.3 Å². The number of carbonyl (C=O) groups is 1. The van der Waals surface area contributed by atoms with Crippen molar-refractivity contribution in [2.75, 3.05) is 19.0 Å². The molecule has 0 fully saturated rings. The van der Waals surface area contributed by atoms with Crippen LogP contribution in [0.4, 0.5) is 5.69 Å². The molecular weight excluding hydrogens is 244 g/mol. The summed E-state index contributed by atoms with van der Waals surface area (Å²) in [5, 5.41) is 2.79. The summed E-state index contributed by atoms with van der Waals surface area (Å²) in [6.45, 7) is 6.33. The molecule has 1 aromatic rings. The second-order valence-corrected chi connectivity index (χ2v) is 4.48. The second kappa shape index (κ2) is 7.09. The van der Waals surface area contributed by atoms with E-state index in [9.17, 15) is 4.79 Å². The van der Waals surface area contributed by atoms with Gasteiger partial charge in [0.2, 0.25) is 5.88 Å². The van der Waals surface area contributed by atoms with Crippen LogP contribution in [0.25, 0.3) is 0 Å². The summed E-state index contributed by atoms with van der Waals surface area (Å²) in [6, 6.07) is 3.50. The van der Waals surface area contributed by atoms with Gasteiger partial charge in [0, 0.05) is 13.2 Å². The average Bonchev–Trinajstić information content (AvgIpc) is 2.45. The molecule has 1 N–H and O–H groups in total. The second-order valence-electron chi connectivity index (χ2n) is 4.48. The lowest BCUT2D eigenvalue weighted by atomic mass is 10.0. The molecular formula is C14H22N2O3. The molecule has 5 heteroatoms. The molecule has 1 rings (SSSR count). The van der Waals surface area contributed by atoms with Crippen molar-refractivity contribution in [1.29, 1.82) is 0 Å². The maximum absolute atomic E-state index is 12.1. The van der Waals surface area contributed by atoms with Crippen molar-refractivity contribution in [3.05, 3.63) is 18.3 Å². The lowest BCUT2D eigenvalue weighted by Gasteiger charge is -2.25. The summed E-state index contributed by atoms with van der Waals surface area (Å²) in [5.74, 6) is 0.381. The molecule has 1 atom stereocenters. The molecule has 0 bridgehead atoms. The van der Waals surface area contributed by atoms with E-state index < -0.39 is 5.60 Å². The van der Waals surface area contributed by atoms with Crippen LogP contribution in [0.5, 0.6) is 5.88 Å². The van der Waals surface area contributed by atoms with Gasteiger partial charge in [0.15, 0.2) is 0 Å². The van der Waals surface area contributed by atoms with Gasteiger partial charge in [-0.3, -0.25) is 4.79 Å². The van der Waals surface area contributed by atoms with Gasteiger partial charge in [-0.1, -0.05) is 13.8 Å². The molecule has 0 saturated heterocycles. The van der Waals surface area contributed by atoms with Crippen LogP contribution in [-0.2, 0) is 9.53 Å². The first-order valence-electron chi connectivity index (χ1n) is 6.51. The van der Waals surface area contributed by atoms with E-state index in [1.54, 1.807) is 25.3 Å². The monoisotopic (exact) mass is 266 g/mol. The van der Waals surface area contributed by atoms with E-state index in [-0.39, 0.29) is 5.91 Å². The molecule has 106 valence electrons. The van der Waals surface area contributed by atoms with Gasteiger partial charge in [-0.2, -0.15) is 0 Å². The molecule has 0 spiro atoms. The van der Waals surface area contributed by atoms with E-state index in [1.165, 1.54) is 7.11 Å². The first-order chi connectivity index (χ1) is 9.05. The minimum absolute atomic E-state index is 0.179. The Kier molecular flexibility index (Phi) is 5.76. The molecule has 0 aromatic carbocycles. The minimum Gasteiger partial charge on any atom is -0.478 e. The highest BCUT2D eigenvalue weighted by Crippen LogP contribution is 2.18. The Morgan fingerprint density at radius 3 is 2.63 bits per heavy atom. The summed E-state index contributed by atoms with van der Waals surface area (Å²) in [4.78, 5) is 16.2. The van der Waals surface area contributed by atoms with Gasteiger partial charge in [0.25, 0.3) is 5.91 Å². The number of anilines is 1. The van der Waals surface area contributed by atoms with Crippen LogP contribution in [-0.4, -0.2) is 30.2 Å². The molecule has 1 amide bonds. The summed E-state index contributed by atoms with van der Waals surface area (Å²) >= 11 is 0. The van der Waals surface area contributed by atoms with Gasteiger partial charge in [0.05, 0.1) is 18.5 Å². The number of hydrogen-bond acceptors (Lipinski definition) is 4. The molecule has 0 aliphatic carbocycles. The van der Waals surface area contributed by atoms with Crippen LogP contribution in [0.15, 0.2) is 18.3 Å². The number of nitrogens with one attached hydrogen (secondary N) is 1. The number of hydrogen-bond donors (Lipinski definition) is 1. The van der Waals surface area contributed by atoms with Crippen molar-refractivity contribution >= 4 is 11.6 Å². The van der Waals surface area contributed by atoms with Crippen molar-refractivity contribution in [2.24, 2.45) is 0 Å². The lowest BCUT2D eigenvalue weighted by Crippen LogP contribution is -2.41. The van der Waals surface area contributed by atoms with Gasteiger partial charge in [0.1, 0.15) is 5.60 Å². The highest BCUT2D eigenvalue weighted by Gasteiger charge is 2.30. The van der Waals surface area contributed by atoms with Crippen molar-refractivity contribution in [3.8, 4) is 5.88 Å². The first-order valence-corrected chi connectivity index (χ1v) is 6.51. The Labute approximate surface area is 114 Å². The lowest BCUT2D eigenvalue weighted by molar-refractivity contribution is -0.136. The Morgan fingerprint density at radius 1 is 1.42 bits per heavy atom. The van der Waals surface area contributed by atoms with E-state index in [4.69, 9.17) is 9.47 Å². The zero-order valence-electron chi connectivity index (χ0n) is 12.0. The Morgan fingerprint density at radius 2 is 2.16 bits per heavy atom. The highest BCUT2D eigenvalue weighted by molar-refractivity contribution is 5.96. The summed E-state index contributed by atoms with van der Waals surface area (Å²) in [7, 11) is 1.53. The number of carbonyl (C=O) groups excluding carboxylic acids is 1. The number of ether oxygens (including phenoxy) is 2. The number of aromatic nitrogens is 1. The first kappa shape index (κ1) is 15.4. The van der Waals surface area contributed by atoms with E-state index in [1.807, 2.05) is 13.8 Å². The quantitative estimate of drug-likeness (QED) is 0.824. The van der Waals surface area contributed by atoms with Crippen LogP contribution < -0.4 is 10.1 Å². The van der Waals surface area contributed by atoms with E-state index in [0.29, 0.717) is 24.6 Å². The van der Waals surface area contributed by atoms with Gasteiger partial charge in [-0.15, -0.1) is 0 Å². The topological polar surface area (TPSA) is 60.5 Å². The van der Waals surface area contributed by atoms with Crippen molar-refractivity contribution in [1.82, 2.24) is 4.98 Å². The summed E-state index contributed by atoms with van der Waals surface area (Å²) in [5.41, 5.74) is -0.192. The number of pyridine rings is 1. The van der Waals surface area contributed by atoms with Crippen LogP contribution in [0, 0.1) is 0 Å². The average molecular weight is 266 g/mol. The molecule has 1 heterocycles.